The van der Waals surface area contributed by atoms with Gasteiger partial charge in [-0.3, -0.25) is 9.69 Å². The highest BCUT2D eigenvalue weighted by atomic mass is 16.2. The van der Waals surface area contributed by atoms with Crippen LogP contribution in [0.1, 0.15) is 32.1 Å². The van der Waals surface area contributed by atoms with Crippen LogP contribution >= 0.6 is 0 Å². The van der Waals surface area contributed by atoms with Crippen LogP contribution in [0, 0.1) is 0 Å². The number of hydrogen-bond acceptors (Lipinski definition) is 3. The van der Waals surface area contributed by atoms with Crippen LogP contribution in [0.4, 0.5) is 11.4 Å². The van der Waals surface area contributed by atoms with E-state index in [0.717, 1.165) is 31.9 Å². The number of amides is 1. The molecule has 1 aromatic carbocycles. The topological polar surface area (TPSA) is 35.6 Å². The molecule has 0 unspecified atom stereocenters. The summed E-state index contributed by atoms with van der Waals surface area (Å²) >= 11 is 0. The number of nitrogens with one attached hydrogen (secondary N) is 1. The molecule has 3 rings (SSSR count). The summed E-state index contributed by atoms with van der Waals surface area (Å²) in [6.45, 7) is 4.94. The number of benzene rings is 1. The maximum absolute atomic E-state index is 12.1. The van der Waals surface area contributed by atoms with Crippen LogP contribution in [-0.4, -0.2) is 43.5 Å². The highest BCUT2D eigenvalue weighted by Crippen LogP contribution is 2.22. The van der Waals surface area contributed by atoms with Crippen LogP contribution in [0.25, 0.3) is 0 Å². The van der Waals surface area contributed by atoms with Crippen molar-refractivity contribution in [3.8, 4) is 0 Å². The summed E-state index contributed by atoms with van der Waals surface area (Å²) in [6.07, 6.45) is 6.31. The van der Waals surface area contributed by atoms with E-state index in [9.17, 15) is 4.79 Å². The summed E-state index contributed by atoms with van der Waals surface area (Å²) in [5, 5.41) is 3.01. The molecule has 2 aliphatic rings. The van der Waals surface area contributed by atoms with Crippen LogP contribution in [0.15, 0.2) is 24.3 Å². The summed E-state index contributed by atoms with van der Waals surface area (Å²) in [5.41, 5.74) is 2.17. The van der Waals surface area contributed by atoms with Gasteiger partial charge < -0.3 is 10.2 Å². The van der Waals surface area contributed by atoms with Crippen molar-refractivity contribution in [1.29, 1.82) is 0 Å². The van der Waals surface area contributed by atoms with Gasteiger partial charge in [-0.1, -0.05) is 6.42 Å². The number of rotatable bonds is 4. The van der Waals surface area contributed by atoms with E-state index >= 15 is 0 Å². The summed E-state index contributed by atoms with van der Waals surface area (Å²) in [7, 11) is 0. The van der Waals surface area contributed by atoms with Crippen LogP contribution in [0.2, 0.25) is 0 Å². The Bertz CT molecular complexity index is 459. The Balaban J connectivity index is 1.50. The predicted molar refractivity (Wildman–Crippen MR) is 86.8 cm³/mol. The first-order valence-corrected chi connectivity index (χ1v) is 8.18. The van der Waals surface area contributed by atoms with Gasteiger partial charge in [0.25, 0.3) is 0 Å². The Morgan fingerprint density at radius 1 is 0.905 bits per heavy atom. The Hall–Kier alpha value is -1.55. The zero-order chi connectivity index (χ0) is 14.5. The van der Waals surface area contributed by atoms with E-state index in [0.29, 0.717) is 6.54 Å². The lowest BCUT2D eigenvalue weighted by molar-refractivity contribution is -0.117. The van der Waals surface area contributed by atoms with E-state index in [1.54, 1.807) is 0 Å². The number of nitrogens with zero attached hydrogens (tertiary/aromatic N) is 2. The lowest BCUT2D eigenvalue weighted by atomic mass is 10.1. The largest absolute Gasteiger partial charge is 0.372 e. The Labute approximate surface area is 127 Å². The van der Waals surface area contributed by atoms with Gasteiger partial charge in [-0.15, -0.1) is 0 Å². The lowest BCUT2D eigenvalue weighted by Crippen LogP contribution is -2.36. The number of piperidine rings is 1. The highest BCUT2D eigenvalue weighted by molar-refractivity contribution is 5.92. The fourth-order valence-electron chi connectivity index (χ4n) is 3.25. The smallest absolute Gasteiger partial charge is 0.238 e. The SMILES string of the molecule is O=C(CN1CCCCC1)Nc1ccc(N2CCCC2)cc1. The summed E-state index contributed by atoms with van der Waals surface area (Å²) in [6, 6.07) is 8.26. The van der Waals surface area contributed by atoms with E-state index in [-0.39, 0.29) is 5.91 Å². The van der Waals surface area contributed by atoms with Gasteiger partial charge in [0.2, 0.25) is 5.91 Å². The van der Waals surface area contributed by atoms with Gasteiger partial charge in [0.15, 0.2) is 0 Å². The Kier molecular flexibility index (Phi) is 4.76. The van der Waals surface area contributed by atoms with Crippen molar-refractivity contribution in [3.63, 3.8) is 0 Å². The van der Waals surface area contributed by atoms with Crippen LogP contribution < -0.4 is 10.2 Å². The zero-order valence-electron chi connectivity index (χ0n) is 12.7. The van der Waals surface area contributed by atoms with Gasteiger partial charge in [-0.2, -0.15) is 0 Å². The van der Waals surface area contributed by atoms with Crippen molar-refractivity contribution in [2.45, 2.75) is 32.1 Å². The molecule has 0 radical (unpaired) electrons. The molecular formula is C17H25N3O. The molecule has 1 N–H and O–H groups in total. The van der Waals surface area contributed by atoms with Crippen molar-refractivity contribution < 1.29 is 4.79 Å². The van der Waals surface area contributed by atoms with E-state index in [1.165, 1.54) is 37.8 Å². The number of likely N-dealkylation sites (tertiary alicyclic amines) is 1. The second kappa shape index (κ2) is 6.94. The molecule has 21 heavy (non-hydrogen) atoms. The maximum Gasteiger partial charge on any atom is 0.238 e. The Morgan fingerprint density at radius 2 is 1.52 bits per heavy atom. The van der Waals surface area contributed by atoms with Crippen molar-refractivity contribution in [2.24, 2.45) is 0 Å². The number of carbonyl (C=O) groups is 1. The maximum atomic E-state index is 12.1. The molecular weight excluding hydrogens is 262 g/mol. The summed E-state index contributed by atoms with van der Waals surface area (Å²) < 4.78 is 0. The molecule has 4 heteroatoms. The average molecular weight is 287 g/mol. The van der Waals surface area contributed by atoms with Crippen molar-refractivity contribution in [2.75, 3.05) is 42.9 Å². The van der Waals surface area contributed by atoms with Gasteiger partial charge in [-0.05, 0) is 63.0 Å². The number of anilines is 2. The Morgan fingerprint density at radius 3 is 2.19 bits per heavy atom. The fourth-order valence-corrected chi connectivity index (χ4v) is 3.25. The lowest BCUT2D eigenvalue weighted by Gasteiger charge is -2.25. The normalized spacial score (nSPS) is 19.7. The zero-order valence-corrected chi connectivity index (χ0v) is 12.7. The first kappa shape index (κ1) is 14.4. The third-order valence-corrected chi connectivity index (χ3v) is 4.44. The average Bonchev–Trinajstić information content (AvgIpc) is 3.03. The fraction of sp³-hybridized carbons (Fsp3) is 0.588. The molecule has 1 aromatic rings. The highest BCUT2D eigenvalue weighted by Gasteiger charge is 2.14. The standard InChI is InChI=1S/C17H25N3O/c21-17(14-19-10-2-1-3-11-19)18-15-6-8-16(9-7-15)20-12-4-5-13-20/h6-9H,1-5,10-14H2,(H,18,21). The molecule has 2 aliphatic heterocycles. The predicted octanol–water partition coefficient (Wildman–Crippen LogP) is 2.71. The molecule has 1 amide bonds. The molecule has 2 heterocycles. The molecule has 0 atom stereocenters. The molecule has 0 aromatic heterocycles. The van der Waals surface area contributed by atoms with Crippen molar-refractivity contribution in [1.82, 2.24) is 4.90 Å². The molecule has 114 valence electrons. The van der Waals surface area contributed by atoms with Gasteiger partial charge in [0, 0.05) is 24.5 Å². The second-order valence-electron chi connectivity index (χ2n) is 6.13. The van der Waals surface area contributed by atoms with Crippen LogP contribution in [-0.2, 0) is 4.79 Å². The van der Waals surface area contributed by atoms with E-state index in [2.05, 4.69) is 27.2 Å². The van der Waals surface area contributed by atoms with E-state index < -0.39 is 0 Å². The van der Waals surface area contributed by atoms with Crippen molar-refractivity contribution in [3.05, 3.63) is 24.3 Å². The number of hydrogen-bond donors (Lipinski definition) is 1. The minimum Gasteiger partial charge on any atom is -0.372 e. The molecule has 2 saturated heterocycles. The molecule has 0 spiro atoms. The third-order valence-electron chi connectivity index (χ3n) is 4.44. The molecule has 0 saturated carbocycles. The van der Waals surface area contributed by atoms with Gasteiger partial charge >= 0.3 is 0 Å². The second-order valence-corrected chi connectivity index (χ2v) is 6.13. The monoisotopic (exact) mass is 287 g/mol. The van der Waals surface area contributed by atoms with E-state index in [4.69, 9.17) is 0 Å². The quantitative estimate of drug-likeness (QED) is 0.925. The molecule has 4 nitrogen and oxygen atoms in total. The first-order valence-electron chi connectivity index (χ1n) is 8.18. The van der Waals surface area contributed by atoms with Crippen LogP contribution in [0.5, 0.6) is 0 Å². The summed E-state index contributed by atoms with van der Waals surface area (Å²) in [5.74, 6) is 0.103. The van der Waals surface area contributed by atoms with Crippen LogP contribution in [0.3, 0.4) is 0 Å². The molecule has 2 fully saturated rings. The van der Waals surface area contributed by atoms with Gasteiger partial charge in [-0.25, -0.2) is 0 Å². The minimum absolute atomic E-state index is 0.103. The van der Waals surface area contributed by atoms with Gasteiger partial charge in [0.1, 0.15) is 0 Å². The van der Waals surface area contributed by atoms with Gasteiger partial charge in [0.05, 0.1) is 6.54 Å². The molecule has 0 bridgehead atoms. The first-order chi connectivity index (χ1) is 10.3. The van der Waals surface area contributed by atoms with E-state index in [1.807, 2.05) is 12.1 Å². The van der Waals surface area contributed by atoms with Crippen molar-refractivity contribution >= 4 is 17.3 Å². The third kappa shape index (κ3) is 3.97. The minimum atomic E-state index is 0.103. The summed E-state index contributed by atoms with van der Waals surface area (Å²) in [4.78, 5) is 16.7. The molecule has 0 aliphatic carbocycles. The number of carbonyl (C=O) groups excluding carboxylic acids is 1.